The Morgan fingerprint density at radius 2 is 1.71 bits per heavy atom. The van der Waals surface area contributed by atoms with Gasteiger partial charge in [-0.15, -0.1) is 0 Å². The van der Waals surface area contributed by atoms with Gasteiger partial charge in [0.1, 0.15) is 0 Å². The average Bonchev–Trinajstić information content (AvgIpc) is 2.48. The summed E-state index contributed by atoms with van der Waals surface area (Å²) in [6.45, 7) is 0.456. The quantitative estimate of drug-likeness (QED) is 0.886. The van der Waals surface area contributed by atoms with E-state index in [0.717, 1.165) is 16.7 Å². The van der Waals surface area contributed by atoms with Gasteiger partial charge in [-0.2, -0.15) is 0 Å². The van der Waals surface area contributed by atoms with Gasteiger partial charge in [-0.3, -0.25) is 4.79 Å². The van der Waals surface area contributed by atoms with Crippen LogP contribution < -0.4 is 5.32 Å². The second-order valence-electron chi connectivity index (χ2n) is 4.66. The summed E-state index contributed by atoms with van der Waals surface area (Å²) in [6, 6.07) is 12.5. The summed E-state index contributed by atoms with van der Waals surface area (Å²) in [7, 11) is 0. The number of rotatable bonds is 5. The highest BCUT2D eigenvalue weighted by molar-refractivity contribution is 6.35. The summed E-state index contributed by atoms with van der Waals surface area (Å²) in [4.78, 5) is 11.9. The van der Waals surface area contributed by atoms with Crippen molar-refractivity contribution in [1.82, 2.24) is 5.32 Å². The van der Waals surface area contributed by atoms with E-state index >= 15 is 0 Å². The number of nitrogens with one attached hydrogen (secondary N) is 1. The summed E-state index contributed by atoms with van der Waals surface area (Å²) < 4.78 is 0. The molecule has 0 radical (unpaired) electrons. The van der Waals surface area contributed by atoms with E-state index in [1.54, 1.807) is 18.2 Å². The van der Waals surface area contributed by atoms with Gasteiger partial charge < -0.3 is 10.4 Å². The largest absolute Gasteiger partial charge is 0.392 e. The van der Waals surface area contributed by atoms with Crippen LogP contribution in [0.2, 0.25) is 10.0 Å². The molecule has 2 aromatic carbocycles. The third kappa shape index (κ3) is 4.74. The second kappa shape index (κ2) is 7.46. The first-order valence-electron chi connectivity index (χ1n) is 6.48. The molecule has 0 atom stereocenters. The topological polar surface area (TPSA) is 49.3 Å². The van der Waals surface area contributed by atoms with Crippen LogP contribution in [0.25, 0.3) is 0 Å². The molecule has 0 aliphatic rings. The molecule has 3 nitrogen and oxygen atoms in total. The van der Waals surface area contributed by atoms with Gasteiger partial charge in [0.05, 0.1) is 13.0 Å². The fourth-order valence-corrected chi connectivity index (χ4v) is 2.34. The van der Waals surface area contributed by atoms with Gasteiger partial charge in [-0.25, -0.2) is 0 Å². The number of carbonyl (C=O) groups is 1. The lowest BCUT2D eigenvalue weighted by Crippen LogP contribution is -2.24. The summed E-state index contributed by atoms with van der Waals surface area (Å²) >= 11 is 11.9. The van der Waals surface area contributed by atoms with Crippen molar-refractivity contribution in [3.05, 3.63) is 69.2 Å². The molecule has 0 fully saturated rings. The van der Waals surface area contributed by atoms with E-state index in [2.05, 4.69) is 5.32 Å². The predicted molar refractivity (Wildman–Crippen MR) is 84.4 cm³/mol. The van der Waals surface area contributed by atoms with Crippen molar-refractivity contribution in [2.45, 2.75) is 19.6 Å². The van der Waals surface area contributed by atoms with E-state index in [-0.39, 0.29) is 18.9 Å². The van der Waals surface area contributed by atoms with Crippen LogP contribution in [0.1, 0.15) is 16.7 Å². The van der Waals surface area contributed by atoms with E-state index in [1.165, 1.54) is 0 Å². The Morgan fingerprint density at radius 1 is 1.05 bits per heavy atom. The van der Waals surface area contributed by atoms with Crippen molar-refractivity contribution in [2.24, 2.45) is 0 Å². The molecule has 21 heavy (non-hydrogen) atoms. The fraction of sp³-hybridized carbons (Fsp3) is 0.188. The summed E-state index contributed by atoms with van der Waals surface area (Å²) in [5.74, 6) is -0.106. The first-order chi connectivity index (χ1) is 10.1. The second-order valence-corrected chi connectivity index (χ2v) is 5.51. The minimum atomic E-state index is -0.106. The zero-order valence-electron chi connectivity index (χ0n) is 11.3. The Labute approximate surface area is 133 Å². The van der Waals surface area contributed by atoms with Crippen LogP contribution >= 0.6 is 23.2 Å². The Balaban J connectivity index is 1.89. The molecule has 5 heteroatoms. The fourth-order valence-electron chi connectivity index (χ4n) is 1.86. The highest BCUT2D eigenvalue weighted by Gasteiger charge is 2.07. The van der Waals surface area contributed by atoms with Crippen LogP contribution in [-0.4, -0.2) is 11.0 Å². The number of aliphatic hydroxyl groups is 1. The van der Waals surface area contributed by atoms with E-state index in [4.69, 9.17) is 28.3 Å². The van der Waals surface area contributed by atoms with Crippen molar-refractivity contribution in [3.8, 4) is 0 Å². The van der Waals surface area contributed by atoms with Gasteiger partial charge in [0, 0.05) is 16.6 Å². The SMILES string of the molecule is O=C(Cc1ccc(Cl)cc1Cl)NCc1ccc(CO)cc1. The number of aliphatic hydroxyl groups excluding tert-OH is 1. The molecule has 0 unspecified atom stereocenters. The Morgan fingerprint density at radius 3 is 2.33 bits per heavy atom. The van der Waals surface area contributed by atoms with Crippen LogP contribution in [0.5, 0.6) is 0 Å². The summed E-state index contributed by atoms with van der Waals surface area (Å²) in [5.41, 5.74) is 2.56. The highest BCUT2D eigenvalue weighted by Crippen LogP contribution is 2.21. The molecule has 110 valence electrons. The maximum Gasteiger partial charge on any atom is 0.224 e. The van der Waals surface area contributed by atoms with E-state index in [9.17, 15) is 4.79 Å². The number of carbonyl (C=O) groups excluding carboxylic acids is 1. The van der Waals surface area contributed by atoms with Gasteiger partial charge in [0.15, 0.2) is 0 Å². The van der Waals surface area contributed by atoms with Crippen molar-refractivity contribution in [3.63, 3.8) is 0 Å². The molecule has 0 saturated heterocycles. The number of hydrogen-bond donors (Lipinski definition) is 2. The molecule has 2 rings (SSSR count). The lowest BCUT2D eigenvalue weighted by atomic mass is 10.1. The van der Waals surface area contributed by atoms with Crippen molar-refractivity contribution in [2.75, 3.05) is 0 Å². The monoisotopic (exact) mass is 323 g/mol. The molecular formula is C16H15Cl2NO2. The zero-order chi connectivity index (χ0) is 15.2. The normalized spacial score (nSPS) is 10.4. The Hall–Kier alpha value is -1.55. The van der Waals surface area contributed by atoms with Crippen LogP contribution in [-0.2, 0) is 24.4 Å². The molecule has 0 aliphatic carbocycles. The molecule has 0 saturated carbocycles. The average molecular weight is 324 g/mol. The third-order valence-electron chi connectivity index (χ3n) is 3.06. The van der Waals surface area contributed by atoms with Crippen molar-refractivity contribution in [1.29, 1.82) is 0 Å². The van der Waals surface area contributed by atoms with Gasteiger partial charge in [-0.05, 0) is 28.8 Å². The Kier molecular flexibility index (Phi) is 5.62. The van der Waals surface area contributed by atoms with Crippen LogP contribution in [0, 0.1) is 0 Å². The van der Waals surface area contributed by atoms with E-state index in [0.29, 0.717) is 16.6 Å². The first kappa shape index (κ1) is 15.8. The molecule has 0 heterocycles. The van der Waals surface area contributed by atoms with Gasteiger partial charge in [0.25, 0.3) is 0 Å². The lowest BCUT2D eigenvalue weighted by Gasteiger charge is -2.07. The molecule has 2 N–H and O–H groups in total. The van der Waals surface area contributed by atoms with Crippen molar-refractivity contribution < 1.29 is 9.90 Å². The maximum atomic E-state index is 11.9. The lowest BCUT2D eigenvalue weighted by molar-refractivity contribution is -0.120. The number of halogens is 2. The van der Waals surface area contributed by atoms with E-state index in [1.807, 2.05) is 24.3 Å². The Bertz CT molecular complexity index is 627. The molecule has 1 amide bonds. The molecule has 0 aliphatic heterocycles. The molecular weight excluding hydrogens is 309 g/mol. The summed E-state index contributed by atoms with van der Waals surface area (Å²) in [5, 5.41) is 12.8. The number of hydrogen-bond acceptors (Lipinski definition) is 2. The molecule has 0 aromatic heterocycles. The van der Waals surface area contributed by atoms with Gasteiger partial charge in [-0.1, -0.05) is 53.5 Å². The molecule has 2 aromatic rings. The van der Waals surface area contributed by atoms with Crippen molar-refractivity contribution >= 4 is 29.1 Å². The standard InChI is InChI=1S/C16H15Cl2NO2/c17-14-6-5-13(15(18)8-14)7-16(21)19-9-11-1-3-12(10-20)4-2-11/h1-6,8,20H,7,9-10H2,(H,19,21). The maximum absolute atomic E-state index is 11.9. The highest BCUT2D eigenvalue weighted by atomic mass is 35.5. The van der Waals surface area contributed by atoms with E-state index < -0.39 is 0 Å². The van der Waals surface area contributed by atoms with Crippen LogP contribution in [0.15, 0.2) is 42.5 Å². The molecule has 0 spiro atoms. The smallest absolute Gasteiger partial charge is 0.224 e. The first-order valence-corrected chi connectivity index (χ1v) is 7.23. The van der Waals surface area contributed by atoms with Crippen LogP contribution in [0.3, 0.4) is 0 Å². The van der Waals surface area contributed by atoms with Gasteiger partial charge >= 0.3 is 0 Å². The van der Waals surface area contributed by atoms with Gasteiger partial charge in [0.2, 0.25) is 5.91 Å². The van der Waals surface area contributed by atoms with Crippen LogP contribution in [0.4, 0.5) is 0 Å². The predicted octanol–water partition coefficient (Wildman–Crippen LogP) is 3.34. The minimum Gasteiger partial charge on any atom is -0.392 e. The number of benzene rings is 2. The minimum absolute atomic E-state index is 0.0156. The third-order valence-corrected chi connectivity index (χ3v) is 3.65. The molecule has 0 bridgehead atoms. The zero-order valence-corrected chi connectivity index (χ0v) is 12.8. The number of amides is 1. The summed E-state index contributed by atoms with van der Waals surface area (Å²) in [6.07, 6.45) is 0.213.